The average Bonchev–Trinajstić information content (AvgIpc) is 2.54. The lowest BCUT2D eigenvalue weighted by atomic mass is 10.1. The Morgan fingerprint density at radius 1 is 1.00 bits per heavy atom. The molecule has 1 heterocycles. The normalized spacial score (nSPS) is 23.6. The Bertz CT molecular complexity index is 380. The summed E-state index contributed by atoms with van der Waals surface area (Å²) in [6.45, 7) is 10.5. The minimum Gasteiger partial charge on any atom is -0.458 e. The Morgan fingerprint density at radius 2 is 1.50 bits per heavy atom. The van der Waals surface area contributed by atoms with Gasteiger partial charge in [0.1, 0.15) is 23.5 Å². The molecule has 6 nitrogen and oxygen atoms in total. The average molecular weight is 287 g/mol. The monoisotopic (exact) mass is 287 g/mol. The lowest BCUT2D eigenvalue weighted by Crippen LogP contribution is -2.48. The maximum Gasteiger partial charge on any atom is 0.413 e. The Labute approximate surface area is 120 Å². The third-order valence-electron chi connectivity index (χ3n) is 2.64. The number of aliphatic hydroxyl groups excluding tert-OH is 1. The van der Waals surface area contributed by atoms with Crippen LogP contribution in [0, 0.1) is 0 Å². The van der Waals surface area contributed by atoms with Crippen LogP contribution in [0.2, 0.25) is 0 Å². The van der Waals surface area contributed by atoms with Gasteiger partial charge in [0.15, 0.2) is 0 Å². The summed E-state index contributed by atoms with van der Waals surface area (Å²) in [5.41, 5.74) is -1.32. The number of rotatable bonds is 1. The van der Waals surface area contributed by atoms with E-state index in [1.54, 1.807) is 41.5 Å². The molecular formula is C14H25NO5. The Balaban J connectivity index is 2.81. The van der Waals surface area contributed by atoms with E-state index in [1.165, 1.54) is 0 Å². The molecule has 1 amide bonds. The van der Waals surface area contributed by atoms with Gasteiger partial charge in [0.2, 0.25) is 0 Å². The van der Waals surface area contributed by atoms with E-state index in [-0.39, 0.29) is 0 Å². The summed E-state index contributed by atoms with van der Waals surface area (Å²) in [4.78, 5) is 25.3. The van der Waals surface area contributed by atoms with Crippen LogP contribution in [-0.4, -0.2) is 45.5 Å². The molecule has 1 unspecified atom stereocenters. The molecule has 0 saturated carbocycles. The zero-order valence-electron chi connectivity index (χ0n) is 13.1. The zero-order chi connectivity index (χ0) is 15.7. The Hall–Kier alpha value is -1.30. The van der Waals surface area contributed by atoms with Gasteiger partial charge >= 0.3 is 12.1 Å². The highest BCUT2D eigenvalue weighted by Crippen LogP contribution is 2.27. The van der Waals surface area contributed by atoms with Crippen molar-refractivity contribution in [1.82, 2.24) is 4.90 Å². The minimum atomic E-state index is -1.01. The van der Waals surface area contributed by atoms with E-state index in [4.69, 9.17) is 9.47 Å². The number of carbonyl (C=O) groups is 2. The molecular weight excluding hydrogens is 262 g/mol. The van der Waals surface area contributed by atoms with Gasteiger partial charge in [-0.05, 0) is 54.4 Å². The molecule has 1 fully saturated rings. The second kappa shape index (κ2) is 5.60. The summed E-state index contributed by atoms with van der Waals surface area (Å²) in [5, 5.41) is 9.89. The van der Waals surface area contributed by atoms with Gasteiger partial charge in [-0.2, -0.15) is 0 Å². The van der Waals surface area contributed by atoms with Gasteiger partial charge in [0.05, 0.1) is 0 Å². The van der Waals surface area contributed by atoms with Crippen LogP contribution in [0.4, 0.5) is 4.79 Å². The van der Waals surface area contributed by atoms with E-state index in [0.717, 1.165) is 4.90 Å². The fourth-order valence-electron chi connectivity index (χ4n) is 1.96. The maximum atomic E-state index is 12.1. The quantitative estimate of drug-likeness (QED) is 0.747. The van der Waals surface area contributed by atoms with Crippen molar-refractivity contribution in [1.29, 1.82) is 0 Å². The van der Waals surface area contributed by atoms with Crippen molar-refractivity contribution in [3.05, 3.63) is 0 Å². The number of amides is 1. The third kappa shape index (κ3) is 4.67. The van der Waals surface area contributed by atoms with Crippen molar-refractivity contribution >= 4 is 12.1 Å². The molecule has 0 aromatic rings. The minimum absolute atomic E-state index is 0.336. The highest BCUT2D eigenvalue weighted by molar-refractivity contribution is 5.82. The number of hydrogen-bond acceptors (Lipinski definition) is 5. The molecule has 0 aliphatic carbocycles. The predicted octanol–water partition coefficient (Wildman–Crippen LogP) is 2.05. The maximum absolute atomic E-state index is 12.1. The molecule has 0 spiro atoms. The summed E-state index contributed by atoms with van der Waals surface area (Å²) in [5.74, 6) is -0.514. The van der Waals surface area contributed by atoms with E-state index in [0.29, 0.717) is 12.8 Å². The van der Waals surface area contributed by atoms with Crippen LogP contribution in [0.5, 0.6) is 0 Å². The van der Waals surface area contributed by atoms with Crippen LogP contribution in [-0.2, 0) is 14.3 Å². The first kappa shape index (κ1) is 16.8. The van der Waals surface area contributed by atoms with E-state index in [9.17, 15) is 14.7 Å². The summed E-state index contributed by atoms with van der Waals surface area (Å²) in [7, 11) is 0. The summed E-state index contributed by atoms with van der Waals surface area (Å²) < 4.78 is 10.5. The first-order chi connectivity index (χ1) is 8.91. The third-order valence-corrected chi connectivity index (χ3v) is 2.64. The summed E-state index contributed by atoms with van der Waals surface area (Å²) in [6.07, 6.45) is -1.00. The van der Waals surface area contributed by atoms with Crippen LogP contribution in [0.1, 0.15) is 54.4 Å². The molecule has 0 radical (unpaired) electrons. The van der Waals surface area contributed by atoms with Crippen LogP contribution >= 0.6 is 0 Å². The van der Waals surface area contributed by atoms with Gasteiger partial charge in [-0.3, -0.25) is 4.90 Å². The number of carbonyl (C=O) groups excluding carboxylic acids is 2. The van der Waals surface area contributed by atoms with E-state index < -0.39 is 35.5 Å². The first-order valence-corrected chi connectivity index (χ1v) is 6.83. The van der Waals surface area contributed by atoms with Crippen molar-refractivity contribution < 1.29 is 24.2 Å². The van der Waals surface area contributed by atoms with Crippen LogP contribution in [0.3, 0.4) is 0 Å². The SMILES string of the molecule is CC(C)(C)OC(=O)[C@H]1CCC(O)N1C(=O)OC(C)(C)C. The van der Waals surface area contributed by atoms with Crippen LogP contribution in [0.15, 0.2) is 0 Å². The standard InChI is InChI=1S/C14H25NO5/c1-13(2,3)19-11(17)9-7-8-10(16)15(9)12(18)20-14(4,5)6/h9-10,16H,7-8H2,1-6H3/t9-,10?/m1/s1. The number of likely N-dealkylation sites (tertiary alicyclic amines) is 1. The largest absolute Gasteiger partial charge is 0.458 e. The predicted molar refractivity (Wildman–Crippen MR) is 72.9 cm³/mol. The van der Waals surface area contributed by atoms with Gasteiger partial charge in [-0.25, -0.2) is 9.59 Å². The molecule has 116 valence electrons. The van der Waals surface area contributed by atoms with Gasteiger partial charge in [0, 0.05) is 0 Å². The topological polar surface area (TPSA) is 76.1 Å². The lowest BCUT2D eigenvalue weighted by Gasteiger charge is -2.31. The number of hydrogen-bond donors (Lipinski definition) is 1. The summed E-state index contributed by atoms with van der Waals surface area (Å²) in [6, 6.07) is -0.793. The Morgan fingerprint density at radius 3 is 1.95 bits per heavy atom. The van der Waals surface area contributed by atoms with Crippen molar-refractivity contribution in [3.8, 4) is 0 Å². The van der Waals surface area contributed by atoms with E-state index in [1.807, 2.05) is 0 Å². The fourth-order valence-corrected chi connectivity index (χ4v) is 1.96. The zero-order valence-corrected chi connectivity index (χ0v) is 13.1. The highest BCUT2D eigenvalue weighted by atomic mass is 16.6. The van der Waals surface area contributed by atoms with Crippen molar-refractivity contribution in [3.63, 3.8) is 0 Å². The fraction of sp³-hybridized carbons (Fsp3) is 0.857. The number of ether oxygens (including phenoxy) is 2. The van der Waals surface area contributed by atoms with E-state index in [2.05, 4.69) is 0 Å². The van der Waals surface area contributed by atoms with Crippen molar-refractivity contribution in [2.24, 2.45) is 0 Å². The molecule has 1 aliphatic rings. The summed E-state index contributed by atoms with van der Waals surface area (Å²) >= 11 is 0. The second-order valence-corrected chi connectivity index (χ2v) is 6.99. The van der Waals surface area contributed by atoms with Crippen molar-refractivity contribution in [2.45, 2.75) is 77.9 Å². The highest BCUT2D eigenvalue weighted by Gasteiger charge is 2.43. The number of nitrogens with zero attached hydrogens (tertiary/aromatic N) is 1. The number of aliphatic hydroxyl groups is 1. The molecule has 2 atom stereocenters. The van der Waals surface area contributed by atoms with Gasteiger partial charge < -0.3 is 14.6 Å². The molecule has 0 aromatic carbocycles. The van der Waals surface area contributed by atoms with Gasteiger partial charge in [0.25, 0.3) is 0 Å². The molecule has 1 saturated heterocycles. The molecule has 1 aliphatic heterocycles. The molecule has 1 N–H and O–H groups in total. The molecule has 20 heavy (non-hydrogen) atoms. The first-order valence-electron chi connectivity index (χ1n) is 6.83. The van der Waals surface area contributed by atoms with Crippen molar-refractivity contribution in [2.75, 3.05) is 0 Å². The van der Waals surface area contributed by atoms with Crippen LogP contribution < -0.4 is 0 Å². The lowest BCUT2D eigenvalue weighted by molar-refractivity contribution is -0.162. The smallest absolute Gasteiger partial charge is 0.413 e. The Kier molecular flexibility index (Phi) is 4.69. The number of esters is 1. The second-order valence-electron chi connectivity index (χ2n) is 6.99. The molecule has 0 aromatic heterocycles. The van der Waals surface area contributed by atoms with Crippen LogP contribution in [0.25, 0.3) is 0 Å². The molecule has 0 bridgehead atoms. The van der Waals surface area contributed by atoms with Gasteiger partial charge in [-0.15, -0.1) is 0 Å². The van der Waals surface area contributed by atoms with E-state index >= 15 is 0 Å². The van der Waals surface area contributed by atoms with Gasteiger partial charge in [-0.1, -0.05) is 0 Å². The molecule has 6 heteroatoms. The molecule has 1 rings (SSSR count).